The Labute approximate surface area is 391 Å². The molecule has 2 aliphatic heterocycles. The summed E-state index contributed by atoms with van der Waals surface area (Å²) in [5.41, 5.74) is 0. The van der Waals surface area contributed by atoms with Crippen molar-refractivity contribution in [1.29, 1.82) is 0 Å². The largest absolute Gasteiger partial charge is 0.355 e. The highest BCUT2D eigenvalue weighted by Crippen LogP contribution is 2.23. The highest BCUT2D eigenvalue weighted by Gasteiger charge is 2.34. The molecule has 2 N–H and O–H groups in total. The molecule has 2 saturated heterocycles. The van der Waals surface area contributed by atoms with Crippen LogP contribution >= 0.6 is 0 Å². The summed E-state index contributed by atoms with van der Waals surface area (Å²) < 4.78 is 0. The van der Waals surface area contributed by atoms with Gasteiger partial charge in [-0.2, -0.15) is 0 Å². The SMILES string of the molecule is CCCCCCCCCCCCN(CCC1CCCN1C)C(C(=O)NCCCCCCNC(=O)C(C(C)C)N(CCC1CCCN1C)C(=O)CCCCCCCCCCC)C(C)C. The van der Waals surface area contributed by atoms with Crippen LogP contribution in [0.4, 0.5) is 0 Å². The van der Waals surface area contributed by atoms with E-state index in [0.29, 0.717) is 38.1 Å². The van der Waals surface area contributed by atoms with Crippen LogP contribution in [0.15, 0.2) is 0 Å². The van der Waals surface area contributed by atoms with E-state index in [1.807, 2.05) is 4.90 Å². The van der Waals surface area contributed by atoms with Crippen molar-refractivity contribution in [2.24, 2.45) is 11.8 Å². The van der Waals surface area contributed by atoms with Crippen LogP contribution in [0, 0.1) is 11.8 Å². The Kier molecular flexibility index (Phi) is 33.2. The Morgan fingerprint density at radius 3 is 1.33 bits per heavy atom. The third-order valence-corrected chi connectivity index (χ3v) is 14.6. The average Bonchev–Trinajstić information content (AvgIpc) is 3.87. The second kappa shape index (κ2) is 36.4. The molecule has 9 nitrogen and oxygen atoms in total. The molecule has 0 aromatic heterocycles. The zero-order valence-corrected chi connectivity index (χ0v) is 43.1. The average molecular weight is 887 g/mol. The van der Waals surface area contributed by atoms with E-state index in [4.69, 9.17) is 0 Å². The lowest BCUT2D eigenvalue weighted by Crippen LogP contribution is -2.53. The fourth-order valence-corrected chi connectivity index (χ4v) is 10.6. The Hall–Kier alpha value is -1.71. The predicted molar refractivity (Wildman–Crippen MR) is 269 cm³/mol. The third-order valence-electron chi connectivity index (χ3n) is 14.6. The molecule has 2 fully saturated rings. The highest BCUT2D eigenvalue weighted by atomic mass is 16.2. The topological polar surface area (TPSA) is 88.2 Å². The van der Waals surface area contributed by atoms with Crippen molar-refractivity contribution in [3.63, 3.8) is 0 Å². The molecule has 2 rings (SSSR count). The van der Waals surface area contributed by atoms with Crippen LogP contribution in [0.1, 0.15) is 234 Å². The number of hydrogen-bond donors (Lipinski definition) is 2. The van der Waals surface area contributed by atoms with Gasteiger partial charge in [0.25, 0.3) is 0 Å². The minimum absolute atomic E-state index is 0.000804. The Morgan fingerprint density at radius 2 is 0.905 bits per heavy atom. The summed E-state index contributed by atoms with van der Waals surface area (Å²) in [7, 11) is 4.46. The van der Waals surface area contributed by atoms with Gasteiger partial charge < -0.3 is 25.3 Å². The van der Waals surface area contributed by atoms with Crippen molar-refractivity contribution in [3.8, 4) is 0 Å². The molecule has 9 heteroatoms. The molecule has 0 aromatic carbocycles. The van der Waals surface area contributed by atoms with Crippen molar-refractivity contribution in [1.82, 2.24) is 30.2 Å². The van der Waals surface area contributed by atoms with Crippen molar-refractivity contribution in [2.75, 3.05) is 59.9 Å². The van der Waals surface area contributed by atoms with Crippen LogP contribution in [0.5, 0.6) is 0 Å². The smallest absolute Gasteiger partial charge is 0.243 e. The molecule has 4 unspecified atom stereocenters. The van der Waals surface area contributed by atoms with Gasteiger partial charge in [-0.1, -0.05) is 164 Å². The molecule has 3 amide bonds. The summed E-state index contributed by atoms with van der Waals surface area (Å²) >= 11 is 0. The number of carbonyl (C=O) groups excluding carboxylic acids is 3. The minimum Gasteiger partial charge on any atom is -0.355 e. The van der Waals surface area contributed by atoms with Gasteiger partial charge >= 0.3 is 0 Å². The maximum atomic E-state index is 13.8. The predicted octanol–water partition coefficient (Wildman–Crippen LogP) is 11.8. The maximum Gasteiger partial charge on any atom is 0.243 e. The molecule has 63 heavy (non-hydrogen) atoms. The minimum atomic E-state index is -0.435. The molecule has 2 heterocycles. The van der Waals surface area contributed by atoms with Gasteiger partial charge in [0, 0.05) is 44.7 Å². The first kappa shape index (κ1) is 57.4. The summed E-state index contributed by atoms with van der Waals surface area (Å²) in [4.78, 5) is 50.9. The molecule has 0 spiro atoms. The molecular formula is C54H106N6O3. The number of likely N-dealkylation sites (tertiary alicyclic amines) is 2. The van der Waals surface area contributed by atoms with Crippen LogP contribution in [-0.4, -0.2) is 121 Å². The summed E-state index contributed by atoms with van der Waals surface area (Å²) in [6.45, 7) is 19.5. The lowest BCUT2D eigenvalue weighted by molar-refractivity contribution is -0.142. The van der Waals surface area contributed by atoms with Crippen molar-refractivity contribution >= 4 is 17.7 Å². The Balaban J connectivity index is 1.82. The normalized spacial score (nSPS) is 18.2. The van der Waals surface area contributed by atoms with E-state index in [1.165, 1.54) is 141 Å². The molecular weight excluding hydrogens is 781 g/mol. The lowest BCUT2D eigenvalue weighted by atomic mass is 9.99. The zero-order chi connectivity index (χ0) is 46.1. The van der Waals surface area contributed by atoms with Gasteiger partial charge in [-0.3, -0.25) is 19.3 Å². The molecule has 0 radical (unpaired) electrons. The second-order valence-electron chi connectivity index (χ2n) is 20.9. The van der Waals surface area contributed by atoms with E-state index >= 15 is 0 Å². The van der Waals surface area contributed by atoms with Crippen LogP contribution in [-0.2, 0) is 14.4 Å². The van der Waals surface area contributed by atoms with Gasteiger partial charge in [0.1, 0.15) is 6.04 Å². The van der Waals surface area contributed by atoms with E-state index in [2.05, 4.69) is 81.0 Å². The standard InChI is InChI=1S/C54H106N6O3/c1-9-11-13-15-17-19-21-23-27-31-43-59(44-37-48-34-32-41-57(48)7)51(46(3)4)53(62)55-39-29-25-26-30-40-56-54(63)52(47(5)6)60(45-38-49-35-33-42-58(49)8)50(61)36-28-24-22-20-18-16-14-12-10-2/h46-49,51-52H,9-45H2,1-8H3,(H,55,62)(H,56,63). The van der Waals surface area contributed by atoms with E-state index in [-0.39, 0.29) is 35.6 Å². The first-order chi connectivity index (χ1) is 30.5. The summed E-state index contributed by atoms with van der Waals surface area (Å²) in [5, 5.41) is 6.59. The van der Waals surface area contributed by atoms with Gasteiger partial charge in [-0.15, -0.1) is 0 Å². The van der Waals surface area contributed by atoms with E-state index in [1.54, 1.807) is 0 Å². The fraction of sp³-hybridized carbons (Fsp3) is 0.944. The summed E-state index contributed by atoms with van der Waals surface area (Å²) in [6.07, 6.45) is 35.8. The van der Waals surface area contributed by atoms with Gasteiger partial charge in [0.2, 0.25) is 17.7 Å². The second-order valence-corrected chi connectivity index (χ2v) is 20.9. The van der Waals surface area contributed by atoms with E-state index in [0.717, 1.165) is 71.0 Å². The highest BCUT2D eigenvalue weighted by molar-refractivity contribution is 5.88. The lowest BCUT2D eigenvalue weighted by Gasteiger charge is -2.35. The van der Waals surface area contributed by atoms with Gasteiger partial charge in [-0.05, 0) is 110 Å². The number of hydrogen-bond acceptors (Lipinski definition) is 6. The molecule has 370 valence electrons. The number of nitrogens with zero attached hydrogens (tertiary/aromatic N) is 4. The summed E-state index contributed by atoms with van der Waals surface area (Å²) in [6, 6.07) is 0.601. The van der Waals surface area contributed by atoms with Crippen LogP contribution < -0.4 is 10.6 Å². The van der Waals surface area contributed by atoms with Crippen molar-refractivity contribution in [2.45, 2.75) is 258 Å². The van der Waals surface area contributed by atoms with Crippen LogP contribution in [0.3, 0.4) is 0 Å². The third kappa shape index (κ3) is 25.1. The maximum absolute atomic E-state index is 13.8. The first-order valence-electron chi connectivity index (χ1n) is 27.5. The fourth-order valence-electron chi connectivity index (χ4n) is 10.6. The van der Waals surface area contributed by atoms with Gasteiger partial charge in [0.05, 0.1) is 6.04 Å². The number of unbranched alkanes of at least 4 members (excludes halogenated alkanes) is 20. The number of rotatable bonds is 40. The first-order valence-corrected chi connectivity index (χ1v) is 27.5. The van der Waals surface area contributed by atoms with Gasteiger partial charge in [-0.25, -0.2) is 0 Å². The monoisotopic (exact) mass is 887 g/mol. The quantitative estimate of drug-likeness (QED) is 0.0596. The molecule has 0 aromatic rings. The molecule has 4 atom stereocenters. The Bertz CT molecular complexity index is 1150. The van der Waals surface area contributed by atoms with Crippen molar-refractivity contribution in [3.05, 3.63) is 0 Å². The zero-order valence-electron chi connectivity index (χ0n) is 43.1. The van der Waals surface area contributed by atoms with E-state index in [9.17, 15) is 14.4 Å². The van der Waals surface area contributed by atoms with Gasteiger partial charge in [0.15, 0.2) is 0 Å². The van der Waals surface area contributed by atoms with E-state index < -0.39 is 6.04 Å². The molecule has 2 aliphatic rings. The number of amides is 3. The number of carbonyl (C=O) groups is 3. The van der Waals surface area contributed by atoms with Crippen LogP contribution in [0.2, 0.25) is 0 Å². The van der Waals surface area contributed by atoms with Crippen molar-refractivity contribution < 1.29 is 14.4 Å². The molecule has 0 saturated carbocycles. The number of nitrogens with one attached hydrogen (secondary N) is 2. The van der Waals surface area contributed by atoms with Crippen LogP contribution in [0.25, 0.3) is 0 Å². The molecule has 0 bridgehead atoms. The molecule has 0 aliphatic carbocycles. The summed E-state index contributed by atoms with van der Waals surface area (Å²) in [5.74, 6) is 0.654. The Morgan fingerprint density at radius 1 is 0.508 bits per heavy atom.